The highest BCUT2D eigenvalue weighted by Crippen LogP contribution is 2.35. The molecule has 1 amide bonds. The Morgan fingerprint density at radius 1 is 1.30 bits per heavy atom. The summed E-state index contributed by atoms with van der Waals surface area (Å²) in [6, 6.07) is 8.68. The summed E-state index contributed by atoms with van der Waals surface area (Å²) < 4.78 is 16.0. The minimum Gasteiger partial charge on any atom is -0.348 e. The molecule has 1 aromatic carbocycles. The van der Waals surface area contributed by atoms with Crippen LogP contribution in [0.3, 0.4) is 0 Å². The van der Waals surface area contributed by atoms with E-state index in [2.05, 4.69) is 24.3 Å². The Hall–Kier alpha value is -2.21. The van der Waals surface area contributed by atoms with E-state index >= 15 is 0 Å². The number of fused-ring (bicyclic) bond motifs is 1. The topological polar surface area (TPSA) is 46.9 Å². The van der Waals surface area contributed by atoms with Crippen LogP contribution < -0.4 is 5.32 Å². The molecule has 2 aromatic heterocycles. The molecule has 4 rings (SSSR count). The Morgan fingerprint density at radius 3 is 2.85 bits per heavy atom. The summed E-state index contributed by atoms with van der Waals surface area (Å²) >= 11 is 1.41. The van der Waals surface area contributed by atoms with Crippen molar-refractivity contribution in [2.24, 2.45) is 18.9 Å². The first kappa shape index (κ1) is 18.2. The molecule has 6 heteroatoms. The van der Waals surface area contributed by atoms with Gasteiger partial charge < -0.3 is 5.32 Å². The van der Waals surface area contributed by atoms with Crippen LogP contribution in [-0.2, 0) is 7.05 Å². The number of carbonyl (C=O) groups is 1. The lowest BCUT2D eigenvalue weighted by molar-refractivity contribution is 0.0895. The van der Waals surface area contributed by atoms with Crippen LogP contribution >= 0.6 is 11.3 Å². The highest BCUT2D eigenvalue weighted by molar-refractivity contribution is 7.20. The van der Waals surface area contributed by atoms with Crippen LogP contribution in [0.1, 0.15) is 42.8 Å². The number of nitrogens with one attached hydrogen (secondary N) is 1. The highest BCUT2D eigenvalue weighted by Gasteiger charge is 2.29. The third-order valence-electron chi connectivity index (χ3n) is 5.89. The summed E-state index contributed by atoms with van der Waals surface area (Å²) in [4.78, 5) is 14.4. The first-order valence-electron chi connectivity index (χ1n) is 9.48. The molecule has 4 nitrogen and oxygen atoms in total. The number of aromatic nitrogens is 2. The van der Waals surface area contributed by atoms with Gasteiger partial charge in [0.2, 0.25) is 0 Å². The molecule has 2 heterocycles. The second-order valence-corrected chi connectivity index (χ2v) is 8.66. The van der Waals surface area contributed by atoms with Gasteiger partial charge in [0.15, 0.2) is 0 Å². The number of benzene rings is 1. The van der Waals surface area contributed by atoms with Gasteiger partial charge in [-0.05, 0) is 36.5 Å². The van der Waals surface area contributed by atoms with Crippen molar-refractivity contribution in [3.05, 3.63) is 41.0 Å². The second-order valence-electron chi connectivity index (χ2n) is 7.63. The van der Waals surface area contributed by atoms with Crippen LogP contribution in [0.2, 0.25) is 0 Å². The zero-order chi connectivity index (χ0) is 19.1. The predicted molar refractivity (Wildman–Crippen MR) is 107 cm³/mol. The van der Waals surface area contributed by atoms with E-state index < -0.39 is 0 Å². The number of carbonyl (C=O) groups excluding carboxylic acids is 1. The maximum absolute atomic E-state index is 14.2. The Bertz CT molecular complexity index is 993. The molecule has 1 aliphatic rings. The summed E-state index contributed by atoms with van der Waals surface area (Å²) in [6.07, 6.45) is 3.42. The van der Waals surface area contributed by atoms with Crippen LogP contribution in [0, 0.1) is 17.7 Å². The van der Waals surface area contributed by atoms with E-state index in [-0.39, 0.29) is 17.8 Å². The predicted octanol–water partition coefficient (Wildman–Crippen LogP) is 5.00. The monoisotopic (exact) mass is 385 g/mol. The molecular formula is C21H24FN3OS. The van der Waals surface area contributed by atoms with E-state index in [9.17, 15) is 9.18 Å². The molecule has 0 saturated heterocycles. The maximum Gasteiger partial charge on any atom is 0.261 e. The number of halogens is 1. The minimum atomic E-state index is -0.306. The molecule has 142 valence electrons. The molecule has 3 aromatic rings. The lowest BCUT2D eigenvalue weighted by atomic mass is 9.78. The first-order valence-corrected chi connectivity index (χ1v) is 10.3. The third kappa shape index (κ3) is 3.27. The van der Waals surface area contributed by atoms with Crippen molar-refractivity contribution in [1.82, 2.24) is 15.1 Å². The molecule has 0 unspecified atom stereocenters. The van der Waals surface area contributed by atoms with Crippen LogP contribution in [0.5, 0.6) is 0 Å². The van der Waals surface area contributed by atoms with Crippen LogP contribution in [0.4, 0.5) is 4.39 Å². The van der Waals surface area contributed by atoms with Gasteiger partial charge in [0.25, 0.3) is 5.91 Å². The van der Waals surface area contributed by atoms with Gasteiger partial charge >= 0.3 is 0 Å². The lowest BCUT2D eigenvalue weighted by Gasteiger charge is -2.34. The van der Waals surface area contributed by atoms with E-state index in [4.69, 9.17) is 0 Å². The zero-order valence-electron chi connectivity index (χ0n) is 15.8. The number of hydrogen-bond donors (Lipinski definition) is 1. The largest absolute Gasteiger partial charge is 0.348 e. The Labute approximate surface area is 162 Å². The number of rotatable bonds is 3. The van der Waals surface area contributed by atoms with Gasteiger partial charge in [-0.3, -0.25) is 9.48 Å². The fraction of sp³-hybridized carbons (Fsp3) is 0.429. The summed E-state index contributed by atoms with van der Waals surface area (Å²) in [5.41, 5.74) is 1.04. The van der Waals surface area contributed by atoms with E-state index in [1.165, 1.54) is 23.8 Å². The highest BCUT2D eigenvalue weighted by atomic mass is 32.1. The molecule has 0 aliphatic heterocycles. The standard InChI is InChI=1S/C21H24FN3OS/c1-12-7-6-10-17(13(12)2)23-20(26)18-11-15-19(24-25(3)21(15)27-18)14-8-4-5-9-16(14)22/h4-5,8-9,11-13,17H,6-7,10H2,1-3H3,(H,23,26)/t12-,13+,17-/m1/s1. The van der Waals surface area contributed by atoms with Gasteiger partial charge in [0, 0.05) is 24.0 Å². The molecule has 0 bridgehead atoms. The summed E-state index contributed by atoms with van der Waals surface area (Å²) in [5.74, 6) is 0.761. The molecule has 1 N–H and O–H groups in total. The number of amides is 1. The van der Waals surface area contributed by atoms with Crippen molar-refractivity contribution in [3.63, 3.8) is 0 Å². The molecule has 0 radical (unpaired) electrons. The number of aryl methyl sites for hydroxylation is 1. The molecule has 27 heavy (non-hydrogen) atoms. The molecular weight excluding hydrogens is 361 g/mol. The second kappa shape index (κ2) is 7.08. The Morgan fingerprint density at radius 2 is 2.07 bits per heavy atom. The van der Waals surface area contributed by atoms with Gasteiger partial charge in [0.1, 0.15) is 16.3 Å². The summed E-state index contributed by atoms with van der Waals surface area (Å²) in [6.45, 7) is 4.48. The molecule has 1 aliphatic carbocycles. The van der Waals surface area contributed by atoms with E-state index in [1.54, 1.807) is 22.9 Å². The Kier molecular flexibility index (Phi) is 4.76. The van der Waals surface area contributed by atoms with Gasteiger partial charge in [-0.25, -0.2) is 4.39 Å². The number of hydrogen-bond acceptors (Lipinski definition) is 3. The molecule has 1 fully saturated rings. The van der Waals surface area contributed by atoms with Crippen LogP contribution in [0.15, 0.2) is 30.3 Å². The van der Waals surface area contributed by atoms with Gasteiger partial charge in [0.05, 0.1) is 4.88 Å². The van der Waals surface area contributed by atoms with Crippen molar-refractivity contribution in [2.75, 3.05) is 0 Å². The summed E-state index contributed by atoms with van der Waals surface area (Å²) in [7, 11) is 1.83. The maximum atomic E-state index is 14.2. The van der Waals surface area contributed by atoms with E-state index in [0.29, 0.717) is 28.0 Å². The number of nitrogens with zero attached hydrogens (tertiary/aromatic N) is 2. The quantitative estimate of drug-likeness (QED) is 0.690. The van der Waals surface area contributed by atoms with E-state index in [1.807, 2.05) is 13.1 Å². The first-order chi connectivity index (χ1) is 13.0. The van der Waals surface area contributed by atoms with Crippen molar-refractivity contribution < 1.29 is 9.18 Å². The van der Waals surface area contributed by atoms with Crippen LogP contribution in [0.25, 0.3) is 21.5 Å². The van der Waals surface area contributed by atoms with Crippen molar-refractivity contribution in [3.8, 4) is 11.3 Å². The minimum absolute atomic E-state index is 0.0402. The molecule has 0 spiro atoms. The third-order valence-corrected chi connectivity index (χ3v) is 7.09. The average molecular weight is 386 g/mol. The van der Waals surface area contributed by atoms with Gasteiger partial charge in [-0.1, -0.05) is 38.8 Å². The van der Waals surface area contributed by atoms with Gasteiger partial charge in [-0.2, -0.15) is 5.10 Å². The van der Waals surface area contributed by atoms with Crippen molar-refractivity contribution in [2.45, 2.75) is 39.2 Å². The smallest absolute Gasteiger partial charge is 0.261 e. The van der Waals surface area contributed by atoms with E-state index in [0.717, 1.165) is 23.1 Å². The number of thiophene rings is 1. The zero-order valence-corrected chi connectivity index (χ0v) is 16.6. The van der Waals surface area contributed by atoms with Gasteiger partial charge in [-0.15, -0.1) is 11.3 Å². The molecule has 3 atom stereocenters. The average Bonchev–Trinajstić information content (AvgIpc) is 3.20. The SMILES string of the molecule is C[C@H]1[C@H](C)CCC[C@H]1NC(=O)c1cc2c(-c3ccccc3F)nn(C)c2s1. The fourth-order valence-corrected chi connectivity index (χ4v) is 5.01. The van der Waals surface area contributed by atoms with Crippen molar-refractivity contribution >= 4 is 27.5 Å². The normalized spacial score (nSPS) is 22.9. The summed E-state index contributed by atoms with van der Waals surface area (Å²) in [5, 5.41) is 8.52. The van der Waals surface area contributed by atoms with Crippen molar-refractivity contribution in [1.29, 1.82) is 0 Å². The molecule has 1 saturated carbocycles. The fourth-order valence-electron chi connectivity index (χ4n) is 4.03. The lowest BCUT2D eigenvalue weighted by Crippen LogP contribution is -2.43. The van der Waals surface area contributed by atoms with Crippen LogP contribution in [-0.4, -0.2) is 21.7 Å². The Balaban J connectivity index is 1.65.